The highest BCUT2D eigenvalue weighted by atomic mass is 127. The third-order valence-electron chi connectivity index (χ3n) is 4.74. The van der Waals surface area contributed by atoms with Gasteiger partial charge in [0.05, 0.1) is 27.8 Å². The number of methoxy groups -OCH3 is 1. The zero-order chi connectivity index (χ0) is 22.5. The topological polar surface area (TPSA) is 89.5 Å². The summed E-state index contributed by atoms with van der Waals surface area (Å²) in [6.45, 7) is 3.99. The molecule has 0 saturated heterocycles. The SMILES string of the molecule is CC[C@@H](C)c1nc2ccc(Br)cc2c(=O)n1N=Cc1cc(I)c(OCC#N)c(OC)c1. The minimum atomic E-state index is -0.228. The Hall–Kier alpha value is -2.45. The lowest BCUT2D eigenvalue weighted by molar-refractivity contribution is 0.327. The molecule has 1 heterocycles. The fourth-order valence-corrected chi connectivity index (χ4v) is 4.10. The van der Waals surface area contributed by atoms with Gasteiger partial charge in [0.2, 0.25) is 0 Å². The van der Waals surface area contributed by atoms with Gasteiger partial charge in [-0.3, -0.25) is 4.79 Å². The summed E-state index contributed by atoms with van der Waals surface area (Å²) >= 11 is 5.53. The molecule has 0 radical (unpaired) electrons. The van der Waals surface area contributed by atoms with E-state index >= 15 is 0 Å². The third kappa shape index (κ3) is 5.07. The van der Waals surface area contributed by atoms with Crippen molar-refractivity contribution in [2.75, 3.05) is 13.7 Å². The maximum atomic E-state index is 13.2. The van der Waals surface area contributed by atoms with E-state index in [1.807, 2.05) is 38.1 Å². The lowest BCUT2D eigenvalue weighted by atomic mass is 10.1. The Kier molecular flexibility index (Phi) is 7.67. The van der Waals surface area contributed by atoms with E-state index < -0.39 is 0 Å². The molecule has 1 atom stereocenters. The molecule has 0 amide bonds. The smallest absolute Gasteiger partial charge is 0.282 e. The Morgan fingerprint density at radius 2 is 2.16 bits per heavy atom. The van der Waals surface area contributed by atoms with E-state index in [1.54, 1.807) is 18.3 Å². The van der Waals surface area contributed by atoms with E-state index in [1.165, 1.54) is 11.8 Å². The number of benzene rings is 2. The second-order valence-corrected chi connectivity index (χ2v) is 8.86. The monoisotopic (exact) mass is 594 g/mol. The van der Waals surface area contributed by atoms with Gasteiger partial charge < -0.3 is 9.47 Å². The average Bonchev–Trinajstić information content (AvgIpc) is 2.77. The predicted octanol–water partition coefficient (Wildman–Crippen LogP) is 5.07. The van der Waals surface area contributed by atoms with Gasteiger partial charge in [-0.2, -0.15) is 15.0 Å². The van der Waals surface area contributed by atoms with Crippen LogP contribution in [0.2, 0.25) is 0 Å². The number of nitriles is 1. The number of ether oxygens (including phenoxy) is 2. The Morgan fingerprint density at radius 3 is 2.84 bits per heavy atom. The molecule has 160 valence electrons. The Bertz CT molecular complexity index is 1250. The molecule has 2 aromatic carbocycles. The summed E-state index contributed by atoms with van der Waals surface area (Å²) in [6.07, 6.45) is 2.41. The lowest BCUT2D eigenvalue weighted by Crippen LogP contribution is -2.23. The van der Waals surface area contributed by atoms with E-state index in [0.29, 0.717) is 28.2 Å². The first-order valence-electron chi connectivity index (χ1n) is 9.53. The van der Waals surface area contributed by atoms with Crippen LogP contribution in [-0.2, 0) is 0 Å². The normalized spacial score (nSPS) is 12.1. The number of hydrogen-bond acceptors (Lipinski definition) is 6. The van der Waals surface area contributed by atoms with Gasteiger partial charge in [0.25, 0.3) is 5.56 Å². The van der Waals surface area contributed by atoms with Gasteiger partial charge in [0, 0.05) is 10.4 Å². The molecule has 9 heteroatoms. The largest absolute Gasteiger partial charge is 0.493 e. The number of aromatic nitrogens is 2. The molecular formula is C22H20BrIN4O3. The molecule has 0 spiro atoms. The van der Waals surface area contributed by atoms with E-state index in [9.17, 15) is 4.79 Å². The summed E-state index contributed by atoms with van der Waals surface area (Å²) < 4.78 is 13.8. The van der Waals surface area contributed by atoms with Crippen molar-refractivity contribution in [1.29, 1.82) is 5.26 Å². The molecule has 0 N–H and O–H groups in total. The molecule has 0 fully saturated rings. The fraction of sp³-hybridized carbons (Fsp3) is 0.273. The summed E-state index contributed by atoms with van der Waals surface area (Å²) in [5, 5.41) is 13.7. The quantitative estimate of drug-likeness (QED) is 0.281. The summed E-state index contributed by atoms with van der Waals surface area (Å²) in [5.41, 5.74) is 1.14. The van der Waals surface area contributed by atoms with E-state index in [-0.39, 0.29) is 18.1 Å². The lowest BCUT2D eigenvalue weighted by Gasteiger charge is -2.14. The van der Waals surface area contributed by atoms with Crippen molar-refractivity contribution in [3.63, 3.8) is 0 Å². The van der Waals surface area contributed by atoms with Crippen molar-refractivity contribution in [3.05, 3.63) is 60.1 Å². The van der Waals surface area contributed by atoms with Crippen LogP contribution in [0.3, 0.4) is 0 Å². The molecule has 0 aliphatic heterocycles. The highest BCUT2D eigenvalue weighted by molar-refractivity contribution is 14.1. The molecule has 0 saturated carbocycles. The number of hydrogen-bond donors (Lipinski definition) is 0. The minimum absolute atomic E-state index is 0.0503. The van der Waals surface area contributed by atoms with Crippen molar-refractivity contribution in [2.45, 2.75) is 26.2 Å². The van der Waals surface area contributed by atoms with Crippen LogP contribution in [-0.4, -0.2) is 29.6 Å². The molecule has 1 aromatic heterocycles. The zero-order valence-electron chi connectivity index (χ0n) is 17.2. The maximum absolute atomic E-state index is 13.2. The van der Waals surface area contributed by atoms with Crippen LogP contribution in [0.4, 0.5) is 0 Å². The molecule has 3 aromatic rings. The van der Waals surface area contributed by atoms with Crippen molar-refractivity contribution < 1.29 is 9.47 Å². The Morgan fingerprint density at radius 1 is 1.39 bits per heavy atom. The van der Waals surface area contributed by atoms with Crippen LogP contribution in [0.15, 0.2) is 44.7 Å². The first-order chi connectivity index (χ1) is 14.9. The summed E-state index contributed by atoms with van der Waals surface area (Å²) in [7, 11) is 1.53. The van der Waals surface area contributed by atoms with Crippen molar-refractivity contribution in [3.8, 4) is 17.6 Å². The van der Waals surface area contributed by atoms with Gasteiger partial charge in [-0.25, -0.2) is 4.98 Å². The van der Waals surface area contributed by atoms with E-state index in [2.05, 4.69) is 43.6 Å². The first kappa shape index (κ1) is 23.2. The standard InChI is InChI=1S/C22H20BrIN4O3/c1-4-13(2)21-27-18-6-5-15(23)11-16(18)22(29)28(21)26-12-14-9-17(24)20(31-8-7-25)19(10-14)30-3/h5-6,9-13H,4,8H2,1-3H3/t13-/m1/s1. The van der Waals surface area contributed by atoms with Gasteiger partial charge >= 0.3 is 0 Å². The molecule has 0 bridgehead atoms. The van der Waals surface area contributed by atoms with Crippen molar-refractivity contribution in [1.82, 2.24) is 9.66 Å². The summed E-state index contributed by atoms with van der Waals surface area (Å²) in [4.78, 5) is 17.9. The maximum Gasteiger partial charge on any atom is 0.282 e. The number of rotatable bonds is 7. The van der Waals surface area contributed by atoms with Crippen LogP contribution >= 0.6 is 38.5 Å². The van der Waals surface area contributed by atoms with Gasteiger partial charge in [-0.15, -0.1) is 0 Å². The molecule has 0 aliphatic carbocycles. The number of halogens is 2. The average molecular weight is 595 g/mol. The highest BCUT2D eigenvalue weighted by Crippen LogP contribution is 2.33. The summed E-state index contributed by atoms with van der Waals surface area (Å²) in [5.74, 6) is 1.64. The molecule has 7 nitrogen and oxygen atoms in total. The van der Waals surface area contributed by atoms with Gasteiger partial charge in [0.1, 0.15) is 11.9 Å². The van der Waals surface area contributed by atoms with Gasteiger partial charge in [0.15, 0.2) is 18.1 Å². The minimum Gasteiger partial charge on any atom is -0.493 e. The van der Waals surface area contributed by atoms with Crippen LogP contribution in [0.25, 0.3) is 10.9 Å². The van der Waals surface area contributed by atoms with Crippen molar-refractivity contribution >= 4 is 55.6 Å². The molecular weight excluding hydrogens is 575 g/mol. The number of nitrogens with zero attached hydrogens (tertiary/aromatic N) is 4. The third-order valence-corrected chi connectivity index (χ3v) is 6.04. The number of fused-ring (bicyclic) bond motifs is 1. The van der Waals surface area contributed by atoms with Crippen LogP contribution in [0.5, 0.6) is 11.5 Å². The van der Waals surface area contributed by atoms with E-state index in [4.69, 9.17) is 19.7 Å². The van der Waals surface area contributed by atoms with E-state index in [0.717, 1.165) is 20.0 Å². The highest BCUT2D eigenvalue weighted by Gasteiger charge is 2.16. The van der Waals surface area contributed by atoms with Crippen LogP contribution in [0.1, 0.15) is 37.6 Å². The molecule has 31 heavy (non-hydrogen) atoms. The molecule has 3 rings (SSSR count). The zero-order valence-corrected chi connectivity index (χ0v) is 21.0. The van der Waals surface area contributed by atoms with Gasteiger partial charge in [-0.05, 0) is 64.9 Å². The predicted molar refractivity (Wildman–Crippen MR) is 132 cm³/mol. The first-order valence-corrected chi connectivity index (χ1v) is 11.4. The van der Waals surface area contributed by atoms with Crippen molar-refractivity contribution in [2.24, 2.45) is 5.10 Å². The van der Waals surface area contributed by atoms with Gasteiger partial charge in [-0.1, -0.05) is 29.8 Å². The second kappa shape index (κ2) is 10.2. The molecule has 0 aliphatic rings. The Balaban J connectivity index is 2.12. The van der Waals surface area contributed by atoms with Crippen LogP contribution < -0.4 is 15.0 Å². The van der Waals surface area contributed by atoms with Crippen LogP contribution in [0, 0.1) is 14.9 Å². The second-order valence-electron chi connectivity index (χ2n) is 6.78. The summed E-state index contributed by atoms with van der Waals surface area (Å²) in [6, 6.07) is 11.0. The molecule has 0 unspecified atom stereocenters. The Labute approximate surface area is 202 Å². The fourth-order valence-electron chi connectivity index (χ4n) is 2.96.